The molecule has 0 saturated carbocycles. The van der Waals surface area contributed by atoms with Gasteiger partial charge in [-0.25, -0.2) is 0 Å². The van der Waals surface area contributed by atoms with E-state index in [9.17, 15) is 0 Å². The van der Waals surface area contributed by atoms with Gasteiger partial charge >= 0.3 is 0 Å². The van der Waals surface area contributed by atoms with Crippen LogP contribution in [0.25, 0.3) is 0 Å². The van der Waals surface area contributed by atoms with Gasteiger partial charge in [0.2, 0.25) is 0 Å². The van der Waals surface area contributed by atoms with Gasteiger partial charge in [0.05, 0.1) is 17.7 Å². The van der Waals surface area contributed by atoms with Crippen molar-refractivity contribution < 1.29 is 9.47 Å². The third-order valence-corrected chi connectivity index (χ3v) is 3.61. The van der Waals surface area contributed by atoms with Crippen LogP contribution in [0.1, 0.15) is 46.1 Å². The van der Waals surface area contributed by atoms with Crippen molar-refractivity contribution in [3.63, 3.8) is 0 Å². The van der Waals surface area contributed by atoms with E-state index in [0.29, 0.717) is 6.04 Å². The second kappa shape index (κ2) is 8.53. The van der Waals surface area contributed by atoms with Gasteiger partial charge in [-0.1, -0.05) is 27.2 Å². The van der Waals surface area contributed by atoms with E-state index < -0.39 is 0 Å². The molecular formula is C16H26BrNO2. The molecule has 1 unspecified atom stereocenters. The van der Waals surface area contributed by atoms with E-state index in [-0.39, 0.29) is 6.10 Å². The molecule has 0 aromatic heterocycles. The van der Waals surface area contributed by atoms with Crippen molar-refractivity contribution in [2.45, 2.75) is 59.2 Å². The predicted molar refractivity (Wildman–Crippen MR) is 87.7 cm³/mol. The molecule has 20 heavy (non-hydrogen) atoms. The summed E-state index contributed by atoms with van der Waals surface area (Å²) in [7, 11) is 1.68. The lowest BCUT2D eigenvalue weighted by molar-refractivity contribution is 0.199. The molecular weight excluding hydrogens is 318 g/mol. The number of ether oxygens (including phenoxy) is 2. The van der Waals surface area contributed by atoms with Crippen molar-refractivity contribution in [2.75, 3.05) is 7.11 Å². The molecule has 1 aromatic carbocycles. The summed E-state index contributed by atoms with van der Waals surface area (Å²) < 4.78 is 12.4. The van der Waals surface area contributed by atoms with Gasteiger partial charge in [0.25, 0.3) is 0 Å². The van der Waals surface area contributed by atoms with E-state index in [1.165, 1.54) is 5.56 Å². The summed E-state index contributed by atoms with van der Waals surface area (Å²) in [6, 6.07) is 4.58. The largest absolute Gasteiger partial charge is 0.493 e. The fourth-order valence-corrected chi connectivity index (χ4v) is 2.56. The Hall–Kier alpha value is -0.740. The molecule has 0 aliphatic heterocycles. The minimum absolute atomic E-state index is 0.185. The molecule has 114 valence electrons. The van der Waals surface area contributed by atoms with Crippen molar-refractivity contribution in [3.05, 3.63) is 22.2 Å². The van der Waals surface area contributed by atoms with Crippen LogP contribution in [0, 0.1) is 0 Å². The maximum atomic E-state index is 6.00. The second-order valence-electron chi connectivity index (χ2n) is 5.36. The molecule has 0 amide bonds. The fraction of sp³-hybridized carbons (Fsp3) is 0.625. The molecule has 3 nitrogen and oxygen atoms in total. The van der Waals surface area contributed by atoms with Crippen molar-refractivity contribution in [3.8, 4) is 11.5 Å². The number of rotatable bonds is 8. The Kier molecular flexibility index (Phi) is 7.38. The SMILES string of the molecule is CCCC(C)Oc1c(Br)cc(CNC(C)C)cc1OC. The molecule has 1 aromatic rings. The van der Waals surface area contributed by atoms with Crippen LogP contribution in [0.3, 0.4) is 0 Å². The molecule has 1 N–H and O–H groups in total. The lowest BCUT2D eigenvalue weighted by atomic mass is 10.2. The molecule has 0 saturated heterocycles. The molecule has 1 atom stereocenters. The van der Waals surface area contributed by atoms with Gasteiger partial charge in [-0.3, -0.25) is 0 Å². The number of hydrogen-bond donors (Lipinski definition) is 1. The normalized spacial score (nSPS) is 12.6. The van der Waals surface area contributed by atoms with E-state index in [0.717, 1.165) is 35.4 Å². The molecule has 0 aliphatic rings. The standard InChI is InChI=1S/C16H26BrNO2/c1-6-7-12(4)20-16-14(17)8-13(9-15(16)19-5)10-18-11(2)3/h8-9,11-12,18H,6-7,10H2,1-5H3. The van der Waals surface area contributed by atoms with Gasteiger partial charge in [-0.15, -0.1) is 0 Å². The first-order valence-corrected chi connectivity index (χ1v) is 8.03. The van der Waals surface area contributed by atoms with Gasteiger partial charge in [-0.05, 0) is 47.0 Å². The number of hydrogen-bond acceptors (Lipinski definition) is 3. The van der Waals surface area contributed by atoms with Crippen LogP contribution in [0.15, 0.2) is 16.6 Å². The van der Waals surface area contributed by atoms with Crippen LogP contribution in [0.2, 0.25) is 0 Å². The lowest BCUT2D eigenvalue weighted by Crippen LogP contribution is -2.21. The van der Waals surface area contributed by atoms with E-state index >= 15 is 0 Å². The topological polar surface area (TPSA) is 30.5 Å². The van der Waals surface area contributed by atoms with Gasteiger partial charge in [0.15, 0.2) is 11.5 Å². The van der Waals surface area contributed by atoms with E-state index in [2.05, 4.69) is 55.0 Å². The lowest BCUT2D eigenvalue weighted by Gasteiger charge is -2.19. The Morgan fingerprint density at radius 2 is 1.95 bits per heavy atom. The molecule has 0 aliphatic carbocycles. The number of methoxy groups -OCH3 is 1. The van der Waals surface area contributed by atoms with Gasteiger partial charge in [0.1, 0.15) is 0 Å². The summed E-state index contributed by atoms with van der Waals surface area (Å²) in [5, 5.41) is 3.40. The van der Waals surface area contributed by atoms with Crippen molar-refractivity contribution >= 4 is 15.9 Å². The smallest absolute Gasteiger partial charge is 0.175 e. The zero-order chi connectivity index (χ0) is 15.1. The molecule has 1 rings (SSSR count). The highest BCUT2D eigenvalue weighted by Crippen LogP contribution is 2.37. The van der Waals surface area contributed by atoms with Crippen LogP contribution in [-0.2, 0) is 6.54 Å². The van der Waals surface area contributed by atoms with Gasteiger partial charge in [0, 0.05) is 12.6 Å². The molecule has 0 radical (unpaired) electrons. The average Bonchev–Trinajstić information content (AvgIpc) is 2.39. The summed E-state index contributed by atoms with van der Waals surface area (Å²) in [6.07, 6.45) is 2.33. The number of halogens is 1. The molecule has 4 heteroatoms. The van der Waals surface area contributed by atoms with Gasteiger partial charge in [-0.2, -0.15) is 0 Å². The van der Waals surface area contributed by atoms with Gasteiger partial charge < -0.3 is 14.8 Å². The first kappa shape index (κ1) is 17.3. The summed E-state index contributed by atoms with van der Waals surface area (Å²) in [5.74, 6) is 1.57. The first-order chi connectivity index (χ1) is 9.47. The highest BCUT2D eigenvalue weighted by Gasteiger charge is 2.14. The predicted octanol–water partition coefficient (Wildman–Crippen LogP) is 4.52. The average molecular weight is 344 g/mol. The van der Waals surface area contributed by atoms with Crippen LogP contribution in [-0.4, -0.2) is 19.3 Å². The van der Waals surface area contributed by atoms with Crippen LogP contribution >= 0.6 is 15.9 Å². The monoisotopic (exact) mass is 343 g/mol. The number of nitrogens with one attached hydrogen (secondary N) is 1. The van der Waals surface area contributed by atoms with Crippen LogP contribution < -0.4 is 14.8 Å². The zero-order valence-electron chi connectivity index (χ0n) is 13.1. The Morgan fingerprint density at radius 3 is 2.50 bits per heavy atom. The third-order valence-electron chi connectivity index (χ3n) is 3.02. The Balaban J connectivity index is 2.90. The third kappa shape index (κ3) is 5.33. The summed E-state index contributed by atoms with van der Waals surface area (Å²) in [6.45, 7) is 9.33. The van der Waals surface area contributed by atoms with E-state index in [1.807, 2.05) is 6.07 Å². The first-order valence-electron chi connectivity index (χ1n) is 7.24. The summed E-state index contributed by atoms with van der Waals surface area (Å²) in [5.41, 5.74) is 1.18. The van der Waals surface area contributed by atoms with Crippen molar-refractivity contribution in [2.24, 2.45) is 0 Å². The Labute approximate surface area is 131 Å². The summed E-state index contributed by atoms with van der Waals surface area (Å²) in [4.78, 5) is 0. The van der Waals surface area contributed by atoms with Crippen molar-refractivity contribution in [1.82, 2.24) is 5.32 Å². The molecule has 0 fully saturated rings. The molecule has 0 spiro atoms. The molecule has 0 heterocycles. The summed E-state index contributed by atoms with van der Waals surface area (Å²) >= 11 is 3.59. The maximum Gasteiger partial charge on any atom is 0.175 e. The van der Waals surface area contributed by atoms with Crippen LogP contribution in [0.5, 0.6) is 11.5 Å². The second-order valence-corrected chi connectivity index (χ2v) is 6.22. The quantitative estimate of drug-likeness (QED) is 0.752. The highest BCUT2D eigenvalue weighted by atomic mass is 79.9. The highest BCUT2D eigenvalue weighted by molar-refractivity contribution is 9.10. The maximum absolute atomic E-state index is 6.00. The number of benzene rings is 1. The molecule has 0 bridgehead atoms. The van der Waals surface area contributed by atoms with Crippen LogP contribution in [0.4, 0.5) is 0 Å². The minimum atomic E-state index is 0.185. The minimum Gasteiger partial charge on any atom is -0.493 e. The van der Waals surface area contributed by atoms with E-state index in [4.69, 9.17) is 9.47 Å². The Morgan fingerprint density at radius 1 is 1.25 bits per heavy atom. The zero-order valence-corrected chi connectivity index (χ0v) is 14.7. The van der Waals surface area contributed by atoms with Crippen molar-refractivity contribution in [1.29, 1.82) is 0 Å². The van der Waals surface area contributed by atoms with E-state index in [1.54, 1.807) is 7.11 Å². The Bertz CT molecular complexity index is 421. The fourth-order valence-electron chi connectivity index (χ4n) is 1.98.